The fraction of sp³-hybridized carbons (Fsp3) is 0.364. The first-order chi connectivity index (χ1) is 7.58. The highest BCUT2D eigenvalue weighted by Gasteiger charge is 2.14. The molecule has 0 amide bonds. The van der Waals surface area contributed by atoms with Crippen LogP contribution < -0.4 is 10.1 Å². The Morgan fingerprint density at radius 1 is 1.44 bits per heavy atom. The molecule has 4 nitrogen and oxygen atoms in total. The summed E-state index contributed by atoms with van der Waals surface area (Å²) < 4.78 is 22.8. The maximum atomic E-state index is 13.4. The number of carbonyl (C=O) groups is 1. The molecule has 88 valence electrons. The Balaban J connectivity index is 2.83. The summed E-state index contributed by atoms with van der Waals surface area (Å²) in [7, 11) is 2.77. The minimum absolute atomic E-state index is 0.206. The van der Waals surface area contributed by atoms with E-state index in [0.717, 1.165) is 0 Å². The number of esters is 1. The molecule has 0 bridgehead atoms. The SMILES string of the molecule is COC(=O)C(C)Nc1cc(OC)ccc1F. The second-order valence-corrected chi connectivity index (χ2v) is 3.23. The highest BCUT2D eigenvalue weighted by molar-refractivity contribution is 5.78. The van der Waals surface area contributed by atoms with E-state index < -0.39 is 17.8 Å². The lowest BCUT2D eigenvalue weighted by atomic mass is 10.2. The Morgan fingerprint density at radius 2 is 2.12 bits per heavy atom. The lowest BCUT2D eigenvalue weighted by molar-refractivity contribution is -0.141. The Morgan fingerprint density at radius 3 is 2.69 bits per heavy atom. The average molecular weight is 227 g/mol. The molecule has 0 spiro atoms. The Hall–Kier alpha value is -1.78. The second-order valence-electron chi connectivity index (χ2n) is 3.23. The Bertz CT molecular complexity index is 381. The number of methoxy groups -OCH3 is 2. The molecule has 0 aliphatic rings. The van der Waals surface area contributed by atoms with Crippen LogP contribution in [0.15, 0.2) is 18.2 Å². The summed E-state index contributed by atoms with van der Waals surface area (Å²) in [6, 6.07) is 3.63. The van der Waals surface area contributed by atoms with Gasteiger partial charge in [0.05, 0.1) is 19.9 Å². The first-order valence-electron chi connectivity index (χ1n) is 4.76. The number of anilines is 1. The van der Waals surface area contributed by atoms with E-state index in [1.807, 2.05) is 0 Å². The molecule has 0 heterocycles. The van der Waals surface area contributed by atoms with Crippen molar-refractivity contribution in [2.45, 2.75) is 13.0 Å². The van der Waals surface area contributed by atoms with Gasteiger partial charge in [-0.05, 0) is 19.1 Å². The molecule has 0 aliphatic heterocycles. The molecular formula is C11H14FNO3. The van der Waals surface area contributed by atoms with Crippen LogP contribution in [0.25, 0.3) is 0 Å². The fourth-order valence-corrected chi connectivity index (χ4v) is 1.21. The number of benzene rings is 1. The molecule has 1 aromatic carbocycles. The Labute approximate surface area is 93.4 Å². The molecule has 1 unspecified atom stereocenters. The molecule has 1 aromatic rings. The molecular weight excluding hydrogens is 213 g/mol. The zero-order chi connectivity index (χ0) is 12.1. The van der Waals surface area contributed by atoms with Crippen molar-refractivity contribution >= 4 is 11.7 Å². The quantitative estimate of drug-likeness (QED) is 0.797. The Kier molecular flexibility index (Phi) is 4.10. The van der Waals surface area contributed by atoms with Gasteiger partial charge in [-0.3, -0.25) is 0 Å². The fourth-order valence-electron chi connectivity index (χ4n) is 1.21. The molecule has 1 rings (SSSR count). The molecule has 0 aliphatic carbocycles. The minimum Gasteiger partial charge on any atom is -0.497 e. The summed E-state index contributed by atoms with van der Waals surface area (Å²) in [4.78, 5) is 11.1. The van der Waals surface area contributed by atoms with Gasteiger partial charge in [-0.1, -0.05) is 0 Å². The van der Waals surface area contributed by atoms with Gasteiger partial charge in [-0.15, -0.1) is 0 Å². The van der Waals surface area contributed by atoms with Crippen molar-refractivity contribution in [2.24, 2.45) is 0 Å². The van der Waals surface area contributed by atoms with Crippen LogP contribution in [0.5, 0.6) is 5.75 Å². The number of halogens is 1. The summed E-state index contributed by atoms with van der Waals surface area (Å²) in [6.07, 6.45) is 0. The summed E-state index contributed by atoms with van der Waals surface area (Å²) >= 11 is 0. The van der Waals surface area contributed by atoms with E-state index in [1.54, 1.807) is 6.92 Å². The molecule has 1 atom stereocenters. The largest absolute Gasteiger partial charge is 0.497 e. The van der Waals surface area contributed by atoms with Crippen molar-refractivity contribution in [1.82, 2.24) is 0 Å². The summed E-state index contributed by atoms with van der Waals surface area (Å²) in [6.45, 7) is 1.59. The van der Waals surface area contributed by atoms with Gasteiger partial charge in [-0.2, -0.15) is 0 Å². The van der Waals surface area contributed by atoms with E-state index in [1.165, 1.54) is 32.4 Å². The minimum atomic E-state index is -0.619. The lowest BCUT2D eigenvalue weighted by Gasteiger charge is -2.14. The zero-order valence-electron chi connectivity index (χ0n) is 9.41. The van der Waals surface area contributed by atoms with E-state index in [-0.39, 0.29) is 5.69 Å². The highest BCUT2D eigenvalue weighted by atomic mass is 19.1. The predicted molar refractivity (Wildman–Crippen MR) is 58.1 cm³/mol. The van der Waals surface area contributed by atoms with E-state index in [2.05, 4.69) is 10.1 Å². The highest BCUT2D eigenvalue weighted by Crippen LogP contribution is 2.21. The lowest BCUT2D eigenvalue weighted by Crippen LogP contribution is -2.27. The van der Waals surface area contributed by atoms with Gasteiger partial charge in [0.25, 0.3) is 0 Å². The maximum absolute atomic E-state index is 13.4. The number of hydrogen-bond donors (Lipinski definition) is 1. The molecule has 0 aromatic heterocycles. The van der Waals surface area contributed by atoms with Crippen LogP contribution >= 0.6 is 0 Å². The third kappa shape index (κ3) is 2.85. The van der Waals surface area contributed by atoms with Crippen LogP contribution in [0.4, 0.5) is 10.1 Å². The third-order valence-corrected chi connectivity index (χ3v) is 2.10. The second kappa shape index (κ2) is 5.34. The van der Waals surface area contributed by atoms with Crippen molar-refractivity contribution in [3.05, 3.63) is 24.0 Å². The number of carbonyl (C=O) groups excluding carboxylic acids is 1. The van der Waals surface area contributed by atoms with Gasteiger partial charge in [0.1, 0.15) is 17.6 Å². The van der Waals surface area contributed by atoms with Crippen molar-refractivity contribution in [1.29, 1.82) is 0 Å². The van der Waals surface area contributed by atoms with Gasteiger partial charge in [0.2, 0.25) is 0 Å². The van der Waals surface area contributed by atoms with Crippen molar-refractivity contribution in [2.75, 3.05) is 19.5 Å². The van der Waals surface area contributed by atoms with Crippen LogP contribution in [0.2, 0.25) is 0 Å². The van der Waals surface area contributed by atoms with E-state index in [9.17, 15) is 9.18 Å². The van der Waals surface area contributed by atoms with Gasteiger partial charge in [-0.25, -0.2) is 9.18 Å². The predicted octanol–water partition coefficient (Wildman–Crippen LogP) is 1.81. The van der Waals surface area contributed by atoms with Crippen LogP contribution in [0, 0.1) is 5.82 Å². The molecule has 0 saturated heterocycles. The monoisotopic (exact) mass is 227 g/mol. The number of rotatable bonds is 4. The first-order valence-corrected chi connectivity index (χ1v) is 4.76. The summed E-state index contributed by atoms with van der Waals surface area (Å²) in [5.74, 6) is -0.389. The number of nitrogens with one attached hydrogen (secondary N) is 1. The molecule has 5 heteroatoms. The molecule has 0 radical (unpaired) electrons. The van der Waals surface area contributed by atoms with Crippen LogP contribution in [0.1, 0.15) is 6.92 Å². The number of ether oxygens (including phenoxy) is 2. The van der Waals surface area contributed by atoms with Crippen LogP contribution in [-0.4, -0.2) is 26.2 Å². The first kappa shape index (κ1) is 12.3. The van der Waals surface area contributed by atoms with E-state index in [4.69, 9.17) is 4.74 Å². The topological polar surface area (TPSA) is 47.6 Å². The number of hydrogen-bond acceptors (Lipinski definition) is 4. The smallest absolute Gasteiger partial charge is 0.327 e. The van der Waals surface area contributed by atoms with Crippen molar-refractivity contribution in [3.63, 3.8) is 0 Å². The summed E-state index contributed by atoms with van der Waals surface area (Å²) in [5, 5.41) is 2.71. The van der Waals surface area contributed by atoms with Gasteiger partial charge in [0, 0.05) is 6.07 Å². The normalized spacial score (nSPS) is 11.8. The average Bonchev–Trinajstić information content (AvgIpc) is 2.30. The van der Waals surface area contributed by atoms with E-state index >= 15 is 0 Å². The zero-order valence-corrected chi connectivity index (χ0v) is 9.41. The van der Waals surface area contributed by atoms with Gasteiger partial charge < -0.3 is 14.8 Å². The molecule has 1 N–H and O–H groups in total. The van der Waals surface area contributed by atoms with Gasteiger partial charge >= 0.3 is 5.97 Å². The summed E-state index contributed by atoms with van der Waals surface area (Å²) in [5.41, 5.74) is 0.206. The third-order valence-electron chi connectivity index (χ3n) is 2.10. The maximum Gasteiger partial charge on any atom is 0.327 e. The molecule has 0 saturated carbocycles. The van der Waals surface area contributed by atoms with Crippen molar-refractivity contribution < 1.29 is 18.7 Å². The van der Waals surface area contributed by atoms with Crippen molar-refractivity contribution in [3.8, 4) is 5.75 Å². The van der Waals surface area contributed by atoms with Gasteiger partial charge in [0.15, 0.2) is 0 Å². The molecule has 0 fully saturated rings. The standard InChI is InChI=1S/C11H14FNO3/c1-7(11(14)16-3)13-10-6-8(15-2)4-5-9(10)12/h4-7,13H,1-3H3. The van der Waals surface area contributed by atoms with E-state index in [0.29, 0.717) is 5.75 Å². The molecule has 16 heavy (non-hydrogen) atoms. The van der Waals surface area contributed by atoms with Crippen LogP contribution in [-0.2, 0) is 9.53 Å². The van der Waals surface area contributed by atoms with Crippen LogP contribution in [0.3, 0.4) is 0 Å².